The molecule has 0 saturated heterocycles. The van der Waals surface area contributed by atoms with E-state index in [0.717, 1.165) is 5.56 Å². The molecule has 1 fully saturated rings. The minimum absolute atomic E-state index is 0.187. The predicted octanol–water partition coefficient (Wildman–Crippen LogP) is 6.43. The lowest BCUT2D eigenvalue weighted by molar-refractivity contribution is -0.114. The largest absolute Gasteiger partial charge is 0.483 e. The molecule has 14 heteroatoms. The third-order valence-electron chi connectivity index (χ3n) is 7.13. The number of methoxy groups -OCH3 is 1. The Kier molecular flexibility index (Phi) is 7.95. The highest BCUT2D eigenvalue weighted by Crippen LogP contribution is 2.40. The van der Waals surface area contributed by atoms with Crippen LogP contribution in [0, 0.1) is 12.7 Å². The smallest absolute Gasteiger partial charge is 0.412 e. The Morgan fingerprint density at radius 3 is 2.70 bits per heavy atom. The number of nitrogens with one attached hydrogen (secondary N) is 1. The van der Waals surface area contributed by atoms with Gasteiger partial charge in [-0.2, -0.15) is 0 Å². The molecule has 2 atom stereocenters. The lowest BCUT2D eigenvalue weighted by Crippen LogP contribution is -2.45. The van der Waals surface area contributed by atoms with Gasteiger partial charge < -0.3 is 19.3 Å². The van der Waals surface area contributed by atoms with Crippen LogP contribution >= 0.6 is 11.3 Å². The molecule has 0 spiro atoms. The first kappa shape index (κ1) is 29.5. The van der Waals surface area contributed by atoms with Crippen LogP contribution in [0.15, 0.2) is 48.8 Å². The average molecular weight is 626 g/mol. The molecule has 5 aromatic rings. The summed E-state index contributed by atoms with van der Waals surface area (Å²) in [5.41, 5.74) is 3.86. The lowest BCUT2D eigenvalue weighted by atomic mass is 9.91. The highest BCUT2D eigenvalue weighted by molar-refractivity contribution is 7.21. The van der Waals surface area contributed by atoms with E-state index in [1.807, 2.05) is 19.1 Å². The standard InChI is InChI=1S/C30H26F3N5O5S/c1-15-7-18(27-21(8-15)37-26(41-2)13-35-27)28-38-20-9-19(31)23(10-25(20)44-28)42-24-11-30(32,33)6-5-22(24)43-29(40)36-16-3-4-17(14-39)34-12-16/h3-4,7-10,12-13,22,24,39H,5-6,11,14H2,1-2H3,(H,36,40)/t22-,24+/m1/s1. The van der Waals surface area contributed by atoms with Gasteiger partial charge in [0.15, 0.2) is 11.6 Å². The number of anilines is 1. The fourth-order valence-electron chi connectivity index (χ4n) is 5.00. The first-order valence-corrected chi connectivity index (χ1v) is 14.4. The van der Waals surface area contributed by atoms with Gasteiger partial charge in [0.25, 0.3) is 5.92 Å². The summed E-state index contributed by atoms with van der Waals surface area (Å²) in [6, 6.07) is 9.40. The van der Waals surface area contributed by atoms with Gasteiger partial charge in [-0.25, -0.2) is 32.9 Å². The van der Waals surface area contributed by atoms with Gasteiger partial charge in [-0.15, -0.1) is 11.3 Å². The third-order valence-corrected chi connectivity index (χ3v) is 8.18. The highest BCUT2D eigenvalue weighted by atomic mass is 32.1. The summed E-state index contributed by atoms with van der Waals surface area (Å²) in [4.78, 5) is 30.1. The number of aryl methyl sites for hydroxylation is 1. The van der Waals surface area contributed by atoms with Crippen molar-refractivity contribution in [1.29, 1.82) is 0 Å². The summed E-state index contributed by atoms with van der Waals surface area (Å²) in [7, 11) is 1.50. The molecule has 228 valence electrons. The molecule has 6 rings (SSSR count). The number of aliphatic hydroxyl groups is 1. The monoisotopic (exact) mass is 625 g/mol. The summed E-state index contributed by atoms with van der Waals surface area (Å²) < 4.78 is 61.2. The van der Waals surface area contributed by atoms with Crippen LogP contribution in [0.1, 0.15) is 30.5 Å². The summed E-state index contributed by atoms with van der Waals surface area (Å²) >= 11 is 1.26. The van der Waals surface area contributed by atoms with Gasteiger partial charge in [0.2, 0.25) is 5.88 Å². The number of carbonyl (C=O) groups is 1. The van der Waals surface area contributed by atoms with Crippen LogP contribution in [-0.2, 0) is 11.3 Å². The summed E-state index contributed by atoms with van der Waals surface area (Å²) in [6.07, 6.45) is -1.92. The number of nitrogens with zero attached hydrogens (tertiary/aromatic N) is 4. The maximum atomic E-state index is 15.3. The number of hydrogen-bond acceptors (Lipinski definition) is 10. The zero-order chi connectivity index (χ0) is 31.0. The quantitative estimate of drug-likeness (QED) is 0.210. The van der Waals surface area contributed by atoms with E-state index in [0.29, 0.717) is 43.4 Å². The van der Waals surface area contributed by atoms with E-state index in [1.54, 1.807) is 0 Å². The molecule has 2 aromatic carbocycles. The second-order valence-corrected chi connectivity index (χ2v) is 11.4. The second kappa shape index (κ2) is 11.8. The number of carbonyl (C=O) groups excluding carboxylic acids is 1. The van der Waals surface area contributed by atoms with Crippen molar-refractivity contribution in [3.05, 3.63) is 65.9 Å². The van der Waals surface area contributed by atoms with E-state index in [1.165, 1.54) is 55.1 Å². The van der Waals surface area contributed by atoms with Gasteiger partial charge in [-0.1, -0.05) is 0 Å². The number of amides is 1. The Morgan fingerprint density at radius 1 is 1.11 bits per heavy atom. The number of fused-ring (bicyclic) bond motifs is 2. The van der Waals surface area contributed by atoms with Gasteiger partial charge >= 0.3 is 6.09 Å². The van der Waals surface area contributed by atoms with Crippen molar-refractivity contribution in [1.82, 2.24) is 19.9 Å². The van der Waals surface area contributed by atoms with Crippen molar-refractivity contribution < 1.29 is 37.3 Å². The lowest BCUT2D eigenvalue weighted by Gasteiger charge is -2.35. The van der Waals surface area contributed by atoms with Gasteiger partial charge in [-0.05, 0) is 43.2 Å². The number of benzene rings is 2. The molecule has 0 radical (unpaired) electrons. The van der Waals surface area contributed by atoms with E-state index in [9.17, 15) is 13.6 Å². The fraction of sp³-hybridized carbons (Fsp3) is 0.300. The van der Waals surface area contributed by atoms with Crippen molar-refractivity contribution in [2.24, 2.45) is 0 Å². The number of pyridine rings is 1. The number of aromatic nitrogens is 4. The van der Waals surface area contributed by atoms with Crippen LogP contribution in [0.5, 0.6) is 11.6 Å². The summed E-state index contributed by atoms with van der Waals surface area (Å²) in [5.74, 6) is -3.77. The molecular weight excluding hydrogens is 599 g/mol. The number of thiazole rings is 1. The first-order chi connectivity index (χ1) is 21.1. The summed E-state index contributed by atoms with van der Waals surface area (Å²) in [6.45, 7) is 1.64. The summed E-state index contributed by atoms with van der Waals surface area (Å²) in [5, 5.41) is 12.2. The van der Waals surface area contributed by atoms with Crippen LogP contribution in [-0.4, -0.2) is 56.4 Å². The molecular formula is C30H26F3N5O5S. The Labute approximate surface area is 252 Å². The Morgan fingerprint density at radius 2 is 1.95 bits per heavy atom. The number of aliphatic hydroxyl groups excluding tert-OH is 1. The topological polar surface area (TPSA) is 129 Å². The molecule has 1 amide bonds. The number of ether oxygens (including phenoxy) is 3. The predicted molar refractivity (Wildman–Crippen MR) is 157 cm³/mol. The van der Waals surface area contributed by atoms with Crippen LogP contribution in [0.25, 0.3) is 31.8 Å². The number of hydrogen-bond donors (Lipinski definition) is 2. The molecule has 3 heterocycles. The van der Waals surface area contributed by atoms with Crippen LogP contribution < -0.4 is 14.8 Å². The zero-order valence-corrected chi connectivity index (χ0v) is 24.3. The van der Waals surface area contributed by atoms with E-state index in [-0.39, 0.29) is 24.5 Å². The van der Waals surface area contributed by atoms with E-state index >= 15 is 4.39 Å². The number of alkyl halides is 2. The number of rotatable bonds is 7. The van der Waals surface area contributed by atoms with Gasteiger partial charge in [0, 0.05) is 24.1 Å². The molecule has 1 aliphatic rings. The molecule has 2 N–H and O–H groups in total. The van der Waals surface area contributed by atoms with Crippen LogP contribution in [0.4, 0.5) is 23.7 Å². The van der Waals surface area contributed by atoms with Crippen molar-refractivity contribution in [2.75, 3.05) is 12.4 Å². The van der Waals surface area contributed by atoms with Gasteiger partial charge in [0.1, 0.15) is 17.2 Å². The number of halogens is 3. The molecule has 3 aromatic heterocycles. The van der Waals surface area contributed by atoms with Crippen molar-refractivity contribution in [3.63, 3.8) is 0 Å². The van der Waals surface area contributed by atoms with E-state index in [2.05, 4.69) is 25.3 Å². The van der Waals surface area contributed by atoms with Crippen LogP contribution in [0.2, 0.25) is 0 Å². The van der Waals surface area contributed by atoms with Crippen molar-refractivity contribution in [2.45, 2.75) is 50.9 Å². The fourth-order valence-corrected chi connectivity index (χ4v) is 6.00. The molecule has 0 unspecified atom stereocenters. The van der Waals surface area contributed by atoms with E-state index < -0.39 is 42.9 Å². The molecule has 44 heavy (non-hydrogen) atoms. The second-order valence-electron chi connectivity index (χ2n) is 10.4. The van der Waals surface area contributed by atoms with E-state index in [4.69, 9.17) is 19.3 Å². The average Bonchev–Trinajstić information content (AvgIpc) is 3.40. The maximum absolute atomic E-state index is 15.3. The molecule has 0 bridgehead atoms. The molecule has 10 nitrogen and oxygen atoms in total. The SMILES string of the molecule is COc1cnc2c(-c3nc4cc(F)c(O[C@H]5CC(F)(F)CC[C@H]5OC(=O)Nc5ccc(CO)nc5)cc4s3)cc(C)cc2n1. The van der Waals surface area contributed by atoms with Crippen LogP contribution in [0.3, 0.4) is 0 Å². The third kappa shape index (κ3) is 6.21. The van der Waals surface area contributed by atoms with Crippen molar-refractivity contribution in [3.8, 4) is 22.2 Å². The molecule has 1 saturated carbocycles. The maximum Gasteiger partial charge on any atom is 0.412 e. The minimum Gasteiger partial charge on any atom is -0.483 e. The van der Waals surface area contributed by atoms with Gasteiger partial charge in [-0.3, -0.25) is 10.3 Å². The normalized spacial score (nSPS) is 17.9. The molecule has 0 aliphatic heterocycles. The van der Waals surface area contributed by atoms with Gasteiger partial charge in [0.05, 0.1) is 65.2 Å². The highest BCUT2D eigenvalue weighted by Gasteiger charge is 2.45. The Hall–Kier alpha value is -4.56. The zero-order valence-electron chi connectivity index (χ0n) is 23.5. The Balaban J connectivity index is 1.25. The first-order valence-electron chi connectivity index (χ1n) is 13.6. The molecule has 1 aliphatic carbocycles. The minimum atomic E-state index is -3.08. The Bertz CT molecular complexity index is 1850. The van der Waals surface area contributed by atoms with Crippen molar-refractivity contribution >= 4 is 44.4 Å².